The van der Waals surface area contributed by atoms with E-state index < -0.39 is 8.80 Å². The summed E-state index contributed by atoms with van der Waals surface area (Å²) >= 11 is 0. The zero-order chi connectivity index (χ0) is 25.0. The van der Waals surface area contributed by atoms with Crippen molar-refractivity contribution in [3.8, 4) is 11.5 Å². The fourth-order valence-electron chi connectivity index (χ4n) is 4.29. The Hall–Kier alpha value is -1.74. The molecule has 0 amide bonds. The predicted octanol–water partition coefficient (Wildman–Crippen LogP) is 6.26. The molecule has 0 saturated heterocycles. The van der Waals surface area contributed by atoms with E-state index in [-0.39, 0.29) is 21.7 Å². The van der Waals surface area contributed by atoms with Crippen LogP contribution in [0.4, 0.5) is 0 Å². The molecule has 0 aliphatic heterocycles. The van der Waals surface area contributed by atoms with Crippen molar-refractivity contribution in [3.05, 3.63) is 46.5 Å². The highest BCUT2D eigenvalue weighted by molar-refractivity contribution is 6.84. The van der Waals surface area contributed by atoms with Gasteiger partial charge in [-0.1, -0.05) is 124 Å². The highest BCUT2D eigenvalue weighted by Crippen LogP contribution is 2.40. The first kappa shape index (κ1) is 26.5. The second-order valence-electron chi connectivity index (χ2n) is 13.7. The predicted molar refractivity (Wildman–Crippen MR) is 143 cm³/mol. The molecule has 0 spiro atoms. The lowest BCUT2D eigenvalue weighted by atomic mass is 9.79. The van der Waals surface area contributed by atoms with E-state index in [4.69, 9.17) is 0 Å². The van der Waals surface area contributed by atoms with Gasteiger partial charge >= 0.3 is 0 Å². The molecule has 0 fully saturated rings. The average Bonchev–Trinajstić information content (AvgIpc) is 2.57. The molecular weight excluding hydrogens is 408 g/mol. The van der Waals surface area contributed by atoms with Crippen LogP contribution >= 0.6 is 0 Å². The van der Waals surface area contributed by atoms with Crippen LogP contribution in [0.3, 0.4) is 0 Å². The normalized spacial score (nSPS) is 13.7. The van der Waals surface area contributed by atoms with E-state index in [1.54, 1.807) is 0 Å². The van der Waals surface area contributed by atoms with Crippen molar-refractivity contribution in [1.29, 1.82) is 0 Å². The summed E-state index contributed by atoms with van der Waals surface area (Å²) in [5.74, 6) is 0.873. The number of benzene rings is 2. The minimum absolute atomic E-state index is 0.143. The van der Waals surface area contributed by atoms with Crippen molar-refractivity contribution in [2.45, 2.75) is 111 Å². The average molecular weight is 455 g/mol. The zero-order valence-corrected chi connectivity index (χ0v) is 23.9. The quantitative estimate of drug-likeness (QED) is 0.526. The van der Waals surface area contributed by atoms with Gasteiger partial charge in [0.2, 0.25) is 0 Å². The first-order valence-electron chi connectivity index (χ1n) is 11.9. The molecule has 0 radical (unpaired) electrons. The van der Waals surface area contributed by atoms with Crippen LogP contribution < -0.4 is 10.4 Å². The molecule has 0 unspecified atom stereocenters. The van der Waals surface area contributed by atoms with Crippen LogP contribution in [0, 0.1) is 0 Å². The molecule has 32 heavy (non-hydrogen) atoms. The molecule has 2 nitrogen and oxygen atoms in total. The van der Waals surface area contributed by atoms with Gasteiger partial charge in [-0.3, -0.25) is 0 Å². The highest BCUT2D eigenvalue weighted by atomic mass is 28.3. The van der Waals surface area contributed by atoms with Gasteiger partial charge in [0.25, 0.3) is 0 Å². The van der Waals surface area contributed by atoms with E-state index in [1.165, 1.54) is 10.4 Å². The van der Waals surface area contributed by atoms with Crippen molar-refractivity contribution >= 4 is 19.2 Å². The number of phenols is 2. The summed E-state index contributed by atoms with van der Waals surface area (Å²) in [5.41, 5.74) is 3.50. The van der Waals surface area contributed by atoms with E-state index >= 15 is 0 Å². The molecule has 178 valence electrons. The first-order valence-corrected chi connectivity index (χ1v) is 14.2. The summed E-state index contributed by atoms with van der Waals surface area (Å²) in [6.07, 6.45) is 0. The van der Waals surface area contributed by atoms with Crippen molar-refractivity contribution in [2.75, 3.05) is 0 Å². The Morgan fingerprint density at radius 2 is 0.656 bits per heavy atom. The second kappa shape index (κ2) is 8.24. The molecule has 0 aliphatic rings. The number of hydrogen-bond acceptors (Lipinski definition) is 2. The summed E-state index contributed by atoms with van der Waals surface area (Å²) in [5, 5.41) is 25.0. The largest absolute Gasteiger partial charge is 0.507 e. The van der Waals surface area contributed by atoms with Gasteiger partial charge in [-0.15, -0.1) is 0 Å². The number of phenolic OH excluding ortho intramolecular Hbond substituents is 2. The first-order chi connectivity index (χ1) is 14.2. The lowest BCUT2D eigenvalue weighted by Crippen LogP contribution is -2.42. The summed E-state index contributed by atoms with van der Waals surface area (Å²) in [6, 6.07) is 8.95. The summed E-state index contributed by atoms with van der Waals surface area (Å²) in [7, 11) is -1.58. The molecule has 0 aliphatic carbocycles. The number of rotatable bonds is 2. The molecule has 0 bridgehead atoms. The monoisotopic (exact) mass is 454 g/mol. The van der Waals surface area contributed by atoms with Gasteiger partial charge in [-0.25, -0.2) is 0 Å². The fraction of sp³-hybridized carbons (Fsp3) is 0.586. The highest BCUT2D eigenvalue weighted by Gasteiger charge is 2.30. The lowest BCUT2D eigenvalue weighted by molar-refractivity contribution is 0.423. The SMILES string of the molecule is C[SiH](c1cc(C(C)(C)C)c(O)c(C(C)(C)C)c1)c1cc(C(C)(C)C)c(O)c(C(C)(C)C)c1. The van der Waals surface area contributed by atoms with Gasteiger partial charge in [0.05, 0.1) is 8.80 Å². The molecule has 2 aromatic rings. The maximum Gasteiger partial charge on any atom is 0.123 e. The van der Waals surface area contributed by atoms with E-state index in [1.807, 2.05) is 0 Å². The van der Waals surface area contributed by atoms with Gasteiger partial charge in [-0.2, -0.15) is 0 Å². The van der Waals surface area contributed by atoms with Gasteiger partial charge in [-0.05, 0) is 43.9 Å². The van der Waals surface area contributed by atoms with Crippen LogP contribution in [0.25, 0.3) is 0 Å². The molecule has 0 atom stereocenters. The topological polar surface area (TPSA) is 40.5 Å². The van der Waals surface area contributed by atoms with E-state index in [2.05, 4.69) is 114 Å². The minimum Gasteiger partial charge on any atom is -0.507 e. The zero-order valence-electron chi connectivity index (χ0n) is 22.8. The molecule has 3 heteroatoms. The smallest absolute Gasteiger partial charge is 0.123 e. The lowest BCUT2D eigenvalue weighted by Gasteiger charge is -2.31. The Balaban J connectivity index is 2.84. The van der Waals surface area contributed by atoms with E-state index in [0.717, 1.165) is 22.3 Å². The van der Waals surface area contributed by atoms with Crippen LogP contribution in [0.15, 0.2) is 24.3 Å². The molecule has 2 rings (SSSR count). The molecule has 0 aromatic heterocycles. The molecule has 0 saturated carbocycles. The standard InChI is InChI=1S/C29H46O2Si/c1-26(2,3)20-14-18(15-21(24(20)30)27(4,5)6)32(13)19-16-22(28(7,8)9)25(31)23(17-19)29(10,11)12/h14-17,30-32H,1-13H3. The van der Waals surface area contributed by atoms with Gasteiger partial charge in [0.1, 0.15) is 11.5 Å². The minimum atomic E-state index is -1.58. The maximum absolute atomic E-state index is 11.2. The second-order valence-corrected chi connectivity index (χ2v) is 16.4. The van der Waals surface area contributed by atoms with E-state index in [9.17, 15) is 10.2 Å². The van der Waals surface area contributed by atoms with Crippen molar-refractivity contribution in [1.82, 2.24) is 0 Å². The third-order valence-corrected chi connectivity index (χ3v) is 9.16. The van der Waals surface area contributed by atoms with Gasteiger partial charge in [0.15, 0.2) is 0 Å². The fourth-order valence-corrected chi connectivity index (χ4v) is 6.34. The maximum atomic E-state index is 11.2. The summed E-state index contributed by atoms with van der Waals surface area (Å²) in [4.78, 5) is 0. The number of hydrogen-bond donors (Lipinski definition) is 2. The molecule has 2 aromatic carbocycles. The summed E-state index contributed by atoms with van der Waals surface area (Å²) in [6.45, 7) is 28.4. The third kappa shape index (κ3) is 5.42. The van der Waals surface area contributed by atoms with Crippen LogP contribution in [0.5, 0.6) is 11.5 Å². The molecule has 0 heterocycles. The van der Waals surface area contributed by atoms with Gasteiger partial charge in [0, 0.05) is 0 Å². The van der Waals surface area contributed by atoms with Crippen molar-refractivity contribution in [2.24, 2.45) is 0 Å². The van der Waals surface area contributed by atoms with Crippen LogP contribution in [-0.2, 0) is 21.7 Å². The Bertz CT molecular complexity index is 838. The Morgan fingerprint density at radius 1 is 0.469 bits per heavy atom. The molecular formula is C29H46O2Si. The van der Waals surface area contributed by atoms with Gasteiger partial charge < -0.3 is 10.2 Å². The molecule has 2 N–H and O–H groups in total. The summed E-state index contributed by atoms with van der Waals surface area (Å²) < 4.78 is 0. The Morgan fingerprint density at radius 3 is 0.812 bits per heavy atom. The number of aromatic hydroxyl groups is 2. The van der Waals surface area contributed by atoms with E-state index in [0.29, 0.717) is 11.5 Å². The third-order valence-electron chi connectivity index (χ3n) is 6.50. The van der Waals surface area contributed by atoms with Crippen LogP contribution in [0.2, 0.25) is 6.55 Å². The van der Waals surface area contributed by atoms with Crippen LogP contribution in [-0.4, -0.2) is 19.0 Å². The van der Waals surface area contributed by atoms with Crippen LogP contribution in [0.1, 0.15) is 105 Å². The Kier molecular flexibility index (Phi) is 6.82. The van der Waals surface area contributed by atoms with Crippen molar-refractivity contribution < 1.29 is 10.2 Å². The Labute approximate surface area is 198 Å². The van der Waals surface area contributed by atoms with Crippen molar-refractivity contribution in [3.63, 3.8) is 0 Å².